The van der Waals surface area contributed by atoms with E-state index >= 15 is 0 Å². The lowest BCUT2D eigenvalue weighted by molar-refractivity contribution is 0.378. The maximum absolute atomic E-state index is 10.2. The number of phenolic OH excluding ortho intramolecular Hbond substituents is 3. The molecule has 0 bridgehead atoms. The van der Waals surface area contributed by atoms with Crippen LogP contribution in [-0.2, 0) is 0 Å². The first-order valence-corrected chi connectivity index (χ1v) is 18.5. The average molecular weight is 731 g/mol. The van der Waals surface area contributed by atoms with Crippen LogP contribution >= 0.6 is 17.2 Å². The van der Waals surface area contributed by atoms with Gasteiger partial charge in [-0.05, 0) is 179 Å². The summed E-state index contributed by atoms with van der Waals surface area (Å²) in [6, 6.07) is 19.8. The second kappa shape index (κ2) is 15.6. The fourth-order valence-corrected chi connectivity index (χ4v) is 7.34. The minimum Gasteiger partial charge on any atom is -0.508 e. The normalized spacial score (nSPS) is 11.7. The summed E-state index contributed by atoms with van der Waals surface area (Å²) in [5.41, 5.74) is 7.58. The standard InChI is InChI=1S/C40H44O9P2/c1-22-11-12-23(2)35(13-22)44-50(45-36-17-24(3)32(41)14-27(36)6)48-39-20-31(10)40(21-30(39)9)49-51(46-37-18-25(4)33(42)15-28(37)7)47-38-19-26(5)34(43)16-29(38)8/h11-21,41-43H,1-10H3. The Morgan fingerprint density at radius 3 is 0.882 bits per heavy atom. The summed E-state index contributed by atoms with van der Waals surface area (Å²) in [5, 5.41) is 30.7. The molecule has 0 aliphatic heterocycles. The molecule has 3 N–H and O–H groups in total. The Kier molecular flexibility index (Phi) is 11.4. The van der Waals surface area contributed by atoms with Crippen molar-refractivity contribution >= 4 is 17.2 Å². The van der Waals surface area contributed by atoms with E-state index in [0.717, 1.165) is 27.8 Å². The Balaban J connectivity index is 1.47. The highest BCUT2D eigenvalue weighted by molar-refractivity contribution is 7.43. The van der Waals surface area contributed by atoms with Crippen LogP contribution in [0, 0.1) is 69.2 Å². The predicted octanol–water partition coefficient (Wildman–Crippen LogP) is 11.4. The van der Waals surface area contributed by atoms with Crippen molar-refractivity contribution < 1.29 is 42.5 Å². The van der Waals surface area contributed by atoms with Crippen molar-refractivity contribution in [2.45, 2.75) is 69.2 Å². The third-order valence-electron chi connectivity index (χ3n) is 8.33. The molecule has 11 heteroatoms. The number of rotatable bonds is 12. The zero-order chi connectivity index (χ0) is 37.1. The molecule has 0 aliphatic carbocycles. The number of aromatic hydroxyl groups is 3. The first kappa shape index (κ1) is 37.4. The van der Waals surface area contributed by atoms with Gasteiger partial charge in [-0.25, -0.2) is 0 Å². The minimum absolute atomic E-state index is 0.166. The molecule has 0 saturated heterocycles. The molecular formula is C40H44O9P2. The molecule has 5 aromatic rings. The molecule has 5 rings (SSSR count). The zero-order valence-electron chi connectivity index (χ0n) is 30.5. The van der Waals surface area contributed by atoms with Gasteiger partial charge in [-0.1, -0.05) is 12.1 Å². The highest BCUT2D eigenvalue weighted by atomic mass is 31.2. The third kappa shape index (κ3) is 9.10. The summed E-state index contributed by atoms with van der Waals surface area (Å²) >= 11 is 0. The molecule has 9 nitrogen and oxygen atoms in total. The fourth-order valence-electron chi connectivity index (χ4n) is 4.98. The van der Waals surface area contributed by atoms with Crippen LogP contribution in [-0.4, -0.2) is 15.3 Å². The molecule has 0 aromatic heterocycles. The summed E-state index contributed by atoms with van der Waals surface area (Å²) in [5.74, 6) is 3.75. The van der Waals surface area contributed by atoms with E-state index in [2.05, 4.69) is 0 Å². The van der Waals surface area contributed by atoms with Gasteiger partial charge in [-0.15, -0.1) is 0 Å². The van der Waals surface area contributed by atoms with Crippen molar-refractivity contribution in [3.05, 3.63) is 122 Å². The molecule has 1 unspecified atom stereocenters. The van der Waals surface area contributed by atoms with Crippen LogP contribution in [0.4, 0.5) is 0 Å². The van der Waals surface area contributed by atoms with Gasteiger partial charge in [0.2, 0.25) is 0 Å². The summed E-state index contributed by atoms with van der Waals surface area (Å²) in [6.07, 6.45) is 0. The smallest absolute Gasteiger partial charge is 0.508 e. The van der Waals surface area contributed by atoms with Gasteiger partial charge in [-0.3, -0.25) is 0 Å². The molecule has 0 radical (unpaired) electrons. The second-order valence-corrected chi connectivity index (χ2v) is 14.8. The quantitative estimate of drug-likeness (QED) is 0.108. The molecule has 0 fully saturated rings. The van der Waals surface area contributed by atoms with Crippen LogP contribution in [0.5, 0.6) is 51.7 Å². The van der Waals surface area contributed by atoms with E-state index in [-0.39, 0.29) is 17.2 Å². The lowest BCUT2D eigenvalue weighted by Crippen LogP contribution is -2.07. The maximum Gasteiger partial charge on any atom is 0.530 e. The van der Waals surface area contributed by atoms with Crippen LogP contribution in [0.3, 0.4) is 0 Å². The van der Waals surface area contributed by atoms with Crippen LogP contribution in [0.15, 0.2) is 66.7 Å². The van der Waals surface area contributed by atoms with Gasteiger partial charge >= 0.3 is 17.2 Å². The van der Waals surface area contributed by atoms with E-state index in [1.165, 1.54) is 0 Å². The Morgan fingerprint density at radius 2 is 0.569 bits per heavy atom. The predicted molar refractivity (Wildman–Crippen MR) is 202 cm³/mol. The van der Waals surface area contributed by atoms with Gasteiger partial charge in [-0.2, -0.15) is 0 Å². The molecule has 0 spiro atoms. The average Bonchev–Trinajstić information content (AvgIpc) is 3.05. The Bertz CT molecular complexity index is 2020. The number of benzene rings is 5. The first-order chi connectivity index (χ1) is 24.1. The van der Waals surface area contributed by atoms with Crippen molar-refractivity contribution in [2.24, 2.45) is 0 Å². The summed E-state index contributed by atoms with van der Waals surface area (Å²) in [4.78, 5) is 0. The molecule has 5 aromatic carbocycles. The topological polar surface area (TPSA) is 116 Å². The lowest BCUT2D eigenvalue weighted by Gasteiger charge is -2.23. The number of hydrogen-bond acceptors (Lipinski definition) is 9. The van der Waals surface area contributed by atoms with Gasteiger partial charge in [0, 0.05) is 0 Å². The summed E-state index contributed by atoms with van der Waals surface area (Å²) in [7, 11) is -4.08. The number of hydrogen-bond donors (Lipinski definition) is 3. The number of phenols is 3. The summed E-state index contributed by atoms with van der Waals surface area (Å²) in [6.45, 7) is 18.6. The second-order valence-electron chi connectivity index (χ2n) is 12.9. The molecule has 0 saturated carbocycles. The molecular weight excluding hydrogens is 686 g/mol. The van der Waals surface area contributed by atoms with Crippen LogP contribution in [0.2, 0.25) is 0 Å². The monoisotopic (exact) mass is 730 g/mol. The largest absolute Gasteiger partial charge is 0.530 e. The van der Waals surface area contributed by atoms with Crippen molar-refractivity contribution in [1.82, 2.24) is 0 Å². The Labute approximate surface area is 302 Å². The van der Waals surface area contributed by atoms with Crippen molar-refractivity contribution in [3.63, 3.8) is 0 Å². The first-order valence-electron chi connectivity index (χ1n) is 16.3. The molecule has 1 atom stereocenters. The maximum atomic E-state index is 10.2. The van der Waals surface area contributed by atoms with E-state index < -0.39 is 17.2 Å². The highest BCUT2D eigenvalue weighted by Crippen LogP contribution is 2.49. The molecule has 268 valence electrons. The van der Waals surface area contributed by atoms with E-state index in [0.29, 0.717) is 62.3 Å². The molecule has 0 heterocycles. The van der Waals surface area contributed by atoms with Crippen LogP contribution < -0.4 is 27.1 Å². The van der Waals surface area contributed by atoms with E-state index in [9.17, 15) is 15.3 Å². The van der Waals surface area contributed by atoms with Gasteiger partial charge in [0.25, 0.3) is 0 Å². The zero-order valence-corrected chi connectivity index (χ0v) is 32.3. The van der Waals surface area contributed by atoms with Crippen molar-refractivity contribution in [1.29, 1.82) is 0 Å². The van der Waals surface area contributed by atoms with Gasteiger partial charge in [0.15, 0.2) is 0 Å². The third-order valence-corrected chi connectivity index (χ3v) is 10.4. The summed E-state index contributed by atoms with van der Waals surface area (Å²) < 4.78 is 38.4. The minimum atomic E-state index is -2.07. The van der Waals surface area contributed by atoms with E-state index in [1.807, 2.05) is 78.8 Å². The highest BCUT2D eigenvalue weighted by Gasteiger charge is 2.27. The van der Waals surface area contributed by atoms with Gasteiger partial charge < -0.3 is 42.5 Å². The van der Waals surface area contributed by atoms with Crippen LogP contribution in [0.25, 0.3) is 0 Å². The lowest BCUT2D eigenvalue weighted by atomic mass is 10.1. The van der Waals surface area contributed by atoms with Gasteiger partial charge in [0.1, 0.15) is 51.7 Å². The van der Waals surface area contributed by atoms with Crippen molar-refractivity contribution in [2.75, 3.05) is 0 Å². The van der Waals surface area contributed by atoms with E-state index in [4.69, 9.17) is 27.1 Å². The Morgan fingerprint density at radius 1 is 0.314 bits per heavy atom. The Hall–Kier alpha value is -4.84. The van der Waals surface area contributed by atoms with Gasteiger partial charge in [0.05, 0.1) is 0 Å². The van der Waals surface area contributed by atoms with E-state index in [1.54, 1.807) is 57.2 Å². The molecule has 0 amide bonds. The van der Waals surface area contributed by atoms with Crippen molar-refractivity contribution in [3.8, 4) is 51.7 Å². The van der Waals surface area contributed by atoms with Crippen LogP contribution in [0.1, 0.15) is 55.6 Å². The molecule has 51 heavy (non-hydrogen) atoms. The SMILES string of the molecule is Cc1ccc(C)c(OP(Oc2cc(C)c(O)cc2C)Oc2cc(C)c(OP(Oc3cc(C)c(O)cc3C)Oc3cc(C)c(O)cc3C)cc2C)c1. The molecule has 0 aliphatic rings. The number of aryl methyl sites for hydroxylation is 10. The fraction of sp³-hybridized carbons (Fsp3) is 0.250.